The highest BCUT2D eigenvalue weighted by atomic mass is 79.9. The van der Waals surface area contributed by atoms with E-state index in [1.54, 1.807) is 6.07 Å². The Hall–Kier alpha value is -0.450. The van der Waals surface area contributed by atoms with Gasteiger partial charge in [0.25, 0.3) is 0 Å². The summed E-state index contributed by atoms with van der Waals surface area (Å²) in [7, 11) is 0. The number of halogens is 2. The second-order valence-electron chi connectivity index (χ2n) is 4.23. The third-order valence-electron chi connectivity index (χ3n) is 2.88. The summed E-state index contributed by atoms with van der Waals surface area (Å²) in [5.74, 6) is 5.32. The Morgan fingerprint density at radius 1 is 1.35 bits per heavy atom. The van der Waals surface area contributed by atoms with Crippen LogP contribution in [0, 0.1) is 5.82 Å². The number of hydrogen-bond donors (Lipinski definition) is 2. The molecule has 1 atom stereocenters. The van der Waals surface area contributed by atoms with E-state index in [4.69, 9.17) is 5.84 Å². The van der Waals surface area contributed by atoms with Crippen LogP contribution in [0.25, 0.3) is 0 Å². The summed E-state index contributed by atoms with van der Waals surface area (Å²) >= 11 is 3.43. The molecule has 0 spiro atoms. The second-order valence-corrected chi connectivity index (χ2v) is 5.09. The fourth-order valence-corrected chi connectivity index (χ4v) is 2.41. The van der Waals surface area contributed by atoms with Gasteiger partial charge in [0.15, 0.2) is 0 Å². The minimum Gasteiger partial charge on any atom is -0.271 e. The van der Waals surface area contributed by atoms with Gasteiger partial charge in [0.1, 0.15) is 5.82 Å². The minimum atomic E-state index is -0.225. The first-order valence-corrected chi connectivity index (χ1v) is 6.89. The zero-order valence-corrected chi connectivity index (χ0v) is 11.8. The Labute approximate surface area is 111 Å². The zero-order valence-electron chi connectivity index (χ0n) is 10.2. The van der Waals surface area contributed by atoms with Crippen LogP contribution in [0.1, 0.15) is 50.6 Å². The number of rotatable bonds is 7. The van der Waals surface area contributed by atoms with Crippen molar-refractivity contribution in [2.24, 2.45) is 5.84 Å². The van der Waals surface area contributed by atoms with Crippen LogP contribution in [0.2, 0.25) is 0 Å². The van der Waals surface area contributed by atoms with E-state index in [1.165, 1.54) is 31.4 Å². The van der Waals surface area contributed by atoms with Gasteiger partial charge in [-0.3, -0.25) is 11.3 Å². The second kappa shape index (κ2) is 7.80. The van der Waals surface area contributed by atoms with Gasteiger partial charge in [0.2, 0.25) is 0 Å². The standard InChI is InChI=1S/C13H20BrFN2/c1-2-3-4-5-6-13(17-16)11-9-10(15)7-8-12(11)14/h7-9,13,17H,2-6,16H2,1H3. The lowest BCUT2D eigenvalue weighted by Crippen LogP contribution is -2.28. The number of benzene rings is 1. The highest BCUT2D eigenvalue weighted by Crippen LogP contribution is 2.27. The van der Waals surface area contributed by atoms with Gasteiger partial charge < -0.3 is 0 Å². The molecule has 0 heterocycles. The molecule has 1 aromatic carbocycles. The Kier molecular flexibility index (Phi) is 6.70. The molecule has 0 saturated carbocycles. The third-order valence-corrected chi connectivity index (χ3v) is 3.60. The monoisotopic (exact) mass is 302 g/mol. The van der Waals surface area contributed by atoms with Crippen molar-refractivity contribution >= 4 is 15.9 Å². The van der Waals surface area contributed by atoms with Crippen LogP contribution in [0.5, 0.6) is 0 Å². The molecule has 0 fully saturated rings. The van der Waals surface area contributed by atoms with Crippen LogP contribution < -0.4 is 11.3 Å². The highest BCUT2D eigenvalue weighted by Gasteiger charge is 2.13. The van der Waals surface area contributed by atoms with Crippen molar-refractivity contribution in [3.63, 3.8) is 0 Å². The molecule has 1 rings (SSSR count). The lowest BCUT2D eigenvalue weighted by Gasteiger charge is -2.17. The van der Waals surface area contributed by atoms with E-state index in [-0.39, 0.29) is 11.9 Å². The van der Waals surface area contributed by atoms with Crippen LogP contribution in [0.4, 0.5) is 4.39 Å². The van der Waals surface area contributed by atoms with Crippen molar-refractivity contribution in [3.05, 3.63) is 34.1 Å². The maximum atomic E-state index is 13.2. The lowest BCUT2D eigenvalue weighted by molar-refractivity contribution is 0.478. The van der Waals surface area contributed by atoms with E-state index < -0.39 is 0 Å². The lowest BCUT2D eigenvalue weighted by atomic mass is 10.0. The van der Waals surface area contributed by atoms with Gasteiger partial charge in [-0.2, -0.15) is 0 Å². The quantitative estimate of drug-likeness (QED) is 0.453. The average molecular weight is 303 g/mol. The normalized spacial score (nSPS) is 12.7. The number of hydrazine groups is 1. The summed E-state index contributed by atoms with van der Waals surface area (Å²) in [5, 5.41) is 0. The summed E-state index contributed by atoms with van der Waals surface area (Å²) in [6.45, 7) is 2.18. The number of nitrogens with one attached hydrogen (secondary N) is 1. The van der Waals surface area contributed by atoms with Crippen molar-refractivity contribution in [3.8, 4) is 0 Å². The Balaban J connectivity index is 2.62. The molecular weight excluding hydrogens is 283 g/mol. The molecule has 0 aliphatic rings. The number of hydrogen-bond acceptors (Lipinski definition) is 2. The largest absolute Gasteiger partial charge is 0.271 e. The molecule has 0 aromatic heterocycles. The Morgan fingerprint density at radius 2 is 2.12 bits per heavy atom. The molecule has 3 N–H and O–H groups in total. The van der Waals surface area contributed by atoms with Crippen molar-refractivity contribution in [2.45, 2.75) is 45.1 Å². The highest BCUT2D eigenvalue weighted by molar-refractivity contribution is 9.10. The average Bonchev–Trinajstić information content (AvgIpc) is 2.33. The van der Waals surface area contributed by atoms with Crippen molar-refractivity contribution in [2.75, 3.05) is 0 Å². The van der Waals surface area contributed by atoms with Gasteiger partial charge in [-0.25, -0.2) is 4.39 Å². The van der Waals surface area contributed by atoms with Gasteiger partial charge in [0.05, 0.1) is 0 Å². The molecule has 0 bridgehead atoms. The smallest absolute Gasteiger partial charge is 0.123 e. The molecule has 17 heavy (non-hydrogen) atoms. The first-order valence-electron chi connectivity index (χ1n) is 6.10. The minimum absolute atomic E-state index is 0.0110. The van der Waals surface area contributed by atoms with E-state index in [9.17, 15) is 4.39 Å². The van der Waals surface area contributed by atoms with Crippen LogP contribution in [-0.4, -0.2) is 0 Å². The predicted molar refractivity (Wildman–Crippen MR) is 72.9 cm³/mol. The van der Waals surface area contributed by atoms with Crippen LogP contribution in [0.15, 0.2) is 22.7 Å². The predicted octanol–water partition coefficient (Wildman–Crippen LogP) is 4.06. The summed E-state index contributed by atoms with van der Waals surface area (Å²) in [5.41, 5.74) is 3.66. The number of nitrogens with two attached hydrogens (primary N) is 1. The van der Waals surface area contributed by atoms with E-state index >= 15 is 0 Å². The molecular formula is C13H20BrFN2. The molecule has 1 unspecified atom stereocenters. The van der Waals surface area contributed by atoms with E-state index in [1.807, 2.05) is 0 Å². The fourth-order valence-electron chi connectivity index (χ4n) is 1.89. The topological polar surface area (TPSA) is 38.0 Å². The molecule has 2 nitrogen and oxygen atoms in total. The molecule has 0 aliphatic carbocycles. The zero-order chi connectivity index (χ0) is 12.7. The van der Waals surface area contributed by atoms with Gasteiger partial charge in [-0.15, -0.1) is 0 Å². The maximum Gasteiger partial charge on any atom is 0.123 e. The van der Waals surface area contributed by atoms with Gasteiger partial charge >= 0.3 is 0 Å². The van der Waals surface area contributed by atoms with E-state index in [2.05, 4.69) is 28.3 Å². The molecule has 0 aliphatic heterocycles. The molecule has 0 radical (unpaired) electrons. The SMILES string of the molecule is CCCCCCC(NN)c1cc(F)ccc1Br. The van der Waals surface area contributed by atoms with Crippen molar-refractivity contribution in [1.29, 1.82) is 0 Å². The number of unbranched alkanes of at least 4 members (excludes halogenated alkanes) is 3. The third kappa shape index (κ3) is 4.74. The summed E-state index contributed by atoms with van der Waals surface area (Å²) in [6, 6.07) is 4.71. The maximum absolute atomic E-state index is 13.2. The van der Waals surface area contributed by atoms with Gasteiger partial charge in [0, 0.05) is 10.5 Å². The molecule has 1 aromatic rings. The van der Waals surface area contributed by atoms with Crippen LogP contribution >= 0.6 is 15.9 Å². The van der Waals surface area contributed by atoms with Crippen molar-refractivity contribution < 1.29 is 4.39 Å². The summed E-state index contributed by atoms with van der Waals surface area (Å²) < 4.78 is 14.1. The first kappa shape index (κ1) is 14.6. The van der Waals surface area contributed by atoms with Crippen LogP contribution in [0.3, 0.4) is 0 Å². The fraction of sp³-hybridized carbons (Fsp3) is 0.538. The first-order chi connectivity index (χ1) is 8.19. The van der Waals surface area contributed by atoms with E-state index in [0.29, 0.717) is 0 Å². The van der Waals surface area contributed by atoms with Gasteiger partial charge in [-0.05, 0) is 30.2 Å². The summed E-state index contributed by atoms with van der Waals surface area (Å²) in [6.07, 6.45) is 5.68. The molecule has 0 saturated heterocycles. The Bertz CT molecular complexity index is 344. The van der Waals surface area contributed by atoms with Crippen molar-refractivity contribution in [1.82, 2.24) is 5.43 Å². The molecule has 0 amide bonds. The Morgan fingerprint density at radius 3 is 2.76 bits per heavy atom. The molecule has 4 heteroatoms. The van der Waals surface area contributed by atoms with Gasteiger partial charge in [-0.1, -0.05) is 48.5 Å². The van der Waals surface area contributed by atoms with Crippen LogP contribution in [-0.2, 0) is 0 Å². The summed E-state index contributed by atoms with van der Waals surface area (Å²) in [4.78, 5) is 0. The molecule has 96 valence electrons. The van der Waals surface area contributed by atoms with E-state index in [0.717, 1.165) is 22.9 Å².